The zero-order valence-corrected chi connectivity index (χ0v) is 12.8. The summed E-state index contributed by atoms with van der Waals surface area (Å²) in [5.41, 5.74) is 8.46. The van der Waals surface area contributed by atoms with E-state index in [1.54, 1.807) is 0 Å². The Morgan fingerprint density at radius 3 is 2.67 bits per heavy atom. The number of nitrogens with zero attached hydrogens (tertiary/aromatic N) is 4. The molecule has 0 amide bonds. The van der Waals surface area contributed by atoms with Gasteiger partial charge in [-0.1, -0.05) is 12.1 Å². The second kappa shape index (κ2) is 5.18. The molecule has 2 N–H and O–H groups in total. The lowest BCUT2D eigenvalue weighted by molar-refractivity contribution is 0.230. The highest BCUT2D eigenvalue weighted by Gasteiger charge is 2.36. The molecule has 0 unspecified atom stereocenters. The topological polar surface area (TPSA) is 90.7 Å². The summed E-state index contributed by atoms with van der Waals surface area (Å²) in [4.78, 5) is 4.53. The maximum atomic E-state index is 6.49. The third kappa shape index (κ3) is 2.68. The molecule has 0 bridgehead atoms. The molecule has 0 aromatic carbocycles. The van der Waals surface area contributed by atoms with Crippen LogP contribution in [0.5, 0.6) is 0 Å². The quantitative estimate of drug-likeness (QED) is 0.912. The van der Waals surface area contributed by atoms with Gasteiger partial charge in [-0.05, 0) is 51.5 Å². The summed E-state index contributed by atoms with van der Waals surface area (Å²) < 4.78 is 5.42. The Labute approximate surface area is 124 Å². The summed E-state index contributed by atoms with van der Waals surface area (Å²) in [6.45, 7) is 6.03. The van der Waals surface area contributed by atoms with E-state index in [9.17, 15) is 0 Å². The van der Waals surface area contributed by atoms with Crippen molar-refractivity contribution in [3.63, 3.8) is 0 Å². The van der Waals surface area contributed by atoms with Crippen LogP contribution >= 0.6 is 0 Å². The lowest BCUT2D eigenvalue weighted by Gasteiger charge is -2.33. The van der Waals surface area contributed by atoms with E-state index in [2.05, 4.69) is 27.3 Å². The first kappa shape index (κ1) is 14.1. The summed E-state index contributed by atoms with van der Waals surface area (Å²) in [7, 11) is 0. The van der Waals surface area contributed by atoms with Crippen molar-refractivity contribution in [2.24, 2.45) is 11.7 Å². The van der Waals surface area contributed by atoms with Crippen molar-refractivity contribution in [1.82, 2.24) is 20.3 Å². The lowest BCUT2D eigenvalue weighted by atomic mass is 9.77. The van der Waals surface area contributed by atoms with Crippen LogP contribution in [0.25, 0.3) is 11.5 Å². The average molecular weight is 287 g/mol. The van der Waals surface area contributed by atoms with Crippen molar-refractivity contribution in [2.75, 3.05) is 0 Å². The fraction of sp³-hybridized carbons (Fsp3) is 0.600. The highest BCUT2D eigenvalue weighted by molar-refractivity contribution is 5.55. The van der Waals surface area contributed by atoms with Gasteiger partial charge >= 0.3 is 0 Å². The Bertz CT molecular complexity index is 643. The van der Waals surface area contributed by atoms with Crippen molar-refractivity contribution in [2.45, 2.75) is 52.0 Å². The zero-order valence-electron chi connectivity index (χ0n) is 12.8. The molecule has 1 saturated carbocycles. The number of rotatable bonds is 2. The largest absolute Gasteiger partial charge is 0.334 e. The van der Waals surface area contributed by atoms with E-state index >= 15 is 0 Å². The van der Waals surface area contributed by atoms with Crippen molar-refractivity contribution < 1.29 is 4.52 Å². The monoisotopic (exact) mass is 287 g/mol. The standard InChI is InChI=1S/C15H21N5O/c1-9-4-6-15(16,7-5-9)14-17-13(21-20-14)12-8-10(2)18-19-11(12)3/h8-9H,4-7,16H2,1-3H3. The Kier molecular flexibility index (Phi) is 3.49. The molecule has 6 nitrogen and oxygen atoms in total. The predicted octanol–water partition coefficient (Wildman–Crippen LogP) is 2.51. The molecular weight excluding hydrogens is 266 g/mol. The molecule has 0 radical (unpaired) electrons. The molecular formula is C15H21N5O. The lowest BCUT2D eigenvalue weighted by Crippen LogP contribution is -2.41. The third-order valence-electron chi connectivity index (χ3n) is 4.37. The van der Waals surface area contributed by atoms with Gasteiger partial charge in [0.2, 0.25) is 0 Å². The van der Waals surface area contributed by atoms with E-state index in [0.29, 0.717) is 11.7 Å². The van der Waals surface area contributed by atoms with E-state index in [4.69, 9.17) is 10.3 Å². The van der Waals surface area contributed by atoms with Crippen LogP contribution in [0.4, 0.5) is 0 Å². The van der Waals surface area contributed by atoms with Crippen LogP contribution in [-0.2, 0) is 5.54 Å². The third-order valence-corrected chi connectivity index (χ3v) is 4.37. The molecule has 112 valence electrons. The van der Waals surface area contributed by atoms with Gasteiger partial charge in [0.25, 0.3) is 5.89 Å². The fourth-order valence-corrected chi connectivity index (χ4v) is 2.80. The molecule has 0 aliphatic heterocycles. The second-order valence-electron chi connectivity index (χ2n) is 6.25. The van der Waals surface area contributed by atoms with E-state index < -0.39 is 5.54 Å². The zero-order chi connectivity index (χ0) is 15.0. The van der Waals surface area contributed by atoms with Gasteiger partial charge in [-0.15, -0.1) is 0 Å². The SMILES string of the molecule is Cc1cc(-c2nc(C3(N)CCC(C)CC3)no2)c(C)nn1. The Morgan fingerprint density at radius 2 is 1.95 bits per heavy atom. The summed E-state index contributed by atoms with van der Waals surface area (Å²) in [5, 5.41) is 12.2. The van der Waals surface area contributed by atoms with Gasteiger partial charge in [0, 0.05) is 0 Å². The highest BCUT2D eigenvalue weighted by atomic mass is 16.5. The van der Waals surface area contributed by atoms with Gasteiger partial charge in [0.05, 0.1) is 22.5 Å². The van der Waals surface area contributed by atoms with E-state index in [1.165, 1.54) is 0 Å². The minimum atomic E-state index is -0.461. The van der Waals surface area contributed by atoms with Gasteiger partial charge in [-0.3, -0.25) is 0 Å². The van der Waals surface area contributed by atoms with Crippen LogP contribution in [0, 0.1) is 19.8 Å². The first-order valence-corrected chi connectivity index (χ1v) is 7.42. The summed E-state index contributed by atoms with van der Waals surface area (Å²) in [6, 6.07) is 1.91. The molecule has 2 heterocycles. The Balaban J connectivity index is 1.91. The van der Waals surface area contributed by atoms with Gasteiger partial charge < -0.3 is 10.3 Å². The van der Waals surface area contributed by atoms with Crippen LogP contribution in [0.1, 0.15) is 49.8 Å². The maximum Gasteiger partial charge on any atom is 0.259 e. The summed E-state index contributed by atoms with van der Waals surface area (Å²) in [5.74, 6) is 1.81. The highest BCUT2D eigenvalue weighted by Crippen LogP contribution is 2.36. The normalized spacial score (nSPS) is 26.0. The molecule has 2 aromatic heterocycles. The summed E-state index contributed by atoms with van der Waals surface area (Å²) in [6.07, 6.45) is 4.02. The maximum absolute atomic E-state index is 6.49. The second-order valence-corrected chi connectivity index (χ2v) is 6.25. The minimum absolute atomic E-state index is 0.461. The van der Waals surface area contributed by atoms with E-state index in [-0.39, 0.29) is 0 Å². The molecule has 0 saturated heterocycles. The van der Waals surface area contributed by atoms with Crippen molar-refractivity contribution in [3.05, 3.63) is 23.3 Å². The van der Waals surface area contributed by atoms with E-state index in [0.717, 1.165) is 48.6 Å². The molecule has 21 heavy (non-hydrogen) atoms. The van der Waals surface area contributed by atoms with Crippen LogP contribution in [0.3, 0.4) is 0 Å². The minimum Gasteiger partial charge on any atom is -0.334 e. The Morgan fingerprint density at radius 1 is 1.24 bits per heavy atom. The molecule has 2 aromatic rings. The van der Waals surface area contributed by atoms with E-state index in [1.807, 2.05) is 19.9 Å². The number of aryl methyl sites for hydroxylation is 2. The molecule has 3 rings (SSSR count). The fourth-order valence-electron chi connectivity index (χ4n) is 2.80. The van der Waals surface area contributed by atoms with Gasteiger partial charge in [0.15, 0.2) is 5.82 Å². The van der Waals surface area contributed by atoms with Crippen molar-refractivity contribution in [3.8, 4) is 11.5 Å². The first-order chi connectivity index (χ1) is 9.98. The molecule has 0 spiro atoms. The van der Waals surface area contributed by atoms with Gasteiger partial charge in [-0.25, -0.2) is 0 Å². The van der Waals surface area contributed by atoms with Crippen LogP contribution in [-0.4, -0.2) is 20.3 Å². The number of nitrogens with two attached hydrogens (primary N) is 1. The van der Waals surface area contributed by atoms with Crippen molar-refractivity contribution in [1.29, 1.82) is 0 Å². The molecule has 6 heteroatoms. The van der Waals surface area contributed by atoms with Crippen LogP contribution in [0.15, 0.2) is 10.6 Å². The Hall–Kier alpha value is -1.82. The van der Waals surface area contributed by atoms with Gasteiger partial charge in [0.1, 0.15) is 0 Å². The molecule has 1 aliphatic carbocycles. The molecule has 0 atom stereocenters. The number of hydrogen-bond acceptors (Lipinski definition) is 6. The van der Waals surface area contributed by atoms with Gasteiger partial charge in [-0.2, -0.15) is 15.2 Å². The number of hydrogen-bond donors (Lipinski definition) is 1. The predicted molar refractivity (Wildman–Crippen MR) is 78.3 cm³/mol. The average Bonchev–Trinajstić information content (AvgIpc) is 2.95. The van der Waals surface area contributed by atoms with Crippen LogP contribution < -0.4 is 5.73 Å². The van der Waals surface area contributed by atoms with Crippen molar-refractivity contribution >= 4 is 0 Å². The first-order valence-electron chi connectivity index (χ1n) is 7.42. The van der Waals surface area contributed by atoms with Crippen LogP contribution in [0.2, 0.25) is 0 Å². The summed E-state index contributed by atoms with van der Waals surface area (Å²) >= 11 is 0. The molecule has 1 aliphatic rings. The molecule has 1 fully saturated rings. The smallest absolute Gasteiger partial charge is 0.259 e. The number of aromatic nitrogens is 4.